The maximum Gasteiger partial charge on any atom is 0.355 e. The number of allylic oxidation sites excluding steroid dienone is 1. The number of aromatic nitrogens is 1. The average molecular weight is 456 g/mol. The molecule has 4 rings (SSSR count). The number of nitriles is 1. The Morgan fingerprint density at radius 2 is 1.71 bits per heavy atom. The van der Waals surface area contributed by atoms with Crippen LogP contribution in [0.4, 0.5) is 5.69 Å². The van der Waals surface area contributed by atoms with Crippen molar-refractivity contribution in [2.75, 3.05) is 19.1 Å². The number of anilines is 1. The van der Waals surface area contributed by atoms with Gasteiger partial charge in [0, 0.05) is 11.8 Å². The lowest BCUT2D eigenvalue weighted by molar-refractivity contribution is -0.139. The third-order valence-corrected chi connectivity index (χ3v) is 5.58. The Labute approximate surface area is 194 Å². The lowest BCUT2D eigenvalue weighted by Gasteiger charge is -2.35. The zero-order valence-electron chi connectivity index (χ0n) is 18.4. The first-order valence-electron chi connectivity index (χ1n) is 10.2. The van der Waals surface area contributed by atoms with Gasteiger partial charge in [0.15, 0.2) is 0 Å². The van der Waals surface area contributed by atoms with Gasteiger partial charge in [0.05, 0.1) is 42.9 Å². The molecule has 0 radical (unpaired) electrons. The smallest absolute Gasteiger partial charge is 0.355 e. The van der Waals surface area contributed by atoms with Crippen molar-refractivity contribution in [1.29, 1.82) is 5.26 Å². The summed E-state index contributed by atoms with van der Waals surface area (Å²) in [6, 6.07) is 18.8. The Hall–Kier alpha value is -4.84. The fourth-order valence-corrected chi connectivity index (χ4v) is 4.06. The number of carbonyl (C=O) groups is 2. The number of pyridine rings is 1. The van der Waals surface area contributed by atoms with Crippen molar-refractivity contribution in [2.45, 2.75) is 5.92 Å². The van der Waals surface area contributed by atoms with Gasteiger partial charge in [-0.2, -0.15) is 5.26 Å². The summed E-state index contributed by atoms with van der Waals surface area (Å²) >= 11 is 0. The molecule has 0 saturated carbocycles. The van der Waals surface area contributed by atoms with Crippen LogP contribution in [0.15, 0.2) is 88.1 Å². The summed E-state index contributed by atoms with van der Waals surface area (Å²) < 4.78 is 10.0. The van der Waals surface area contributed by atoms with Crippen LogP contribution in [-0.4, -0.2) is 31.1 Å². The second-order valence-electron chi connectivity index (χ2n) is 7.43. The minimum Gasteiger partial charge on any atom is -0.466 e. The molecular weight excluding hydrogens is 436 g/mol. The molecule has 0 aliphatic carbocycles. The number of fused-ring (bicyclic) bond motifs is 1. The number of rotatable bonds is 4. The van der Waals surface area contributed by atoms with Crippen LogP contribution in [0.5, 0.6) is 0 Å². The van der Waals surface area contributed by atoms with Gasteiger partial charge in [0.1, 0.15) is 11.5 Å². The molecule has 1 aromatic heterocycles. The third-order valence-electron chi connectivity index (χ3n) is 5.58. The molecule has 34 heavy (non-hydrogen) atoms. The first kappa shape index (κ1) is 22.4. The van der Waals surface area contributed by atoms with Gasteiger partial charge < -0.3 is 20.2 Å². The molecule has 1 atom stereocenters. The third kappa shape index (κ3) is 3.67. The average Bonchev–Trinajstić information content (AvgIpc) is 2.86. The molecular formula is C25H20N4O5. The van der Waals surface area contributed by atoms with Crippen LogP contribution in [0.3, 0.4) is 0 Å². The highest BCUT2D eigenvalue weighted by molar-refractivity contribution is 6.06. The van der Waals surface area contributed by atoms with Gasteiger partial charge >= 0.3 is 11.9 Å². The quantitative estimate of drug-likeness (QED) is 0.571. The molecule has 1 unspecified atom stereocenters. The van der Waals surface area contributed by atoms with Crippen molar-refractivity contribution in [3.63, 3.8) is 0 Å². The van der Waals surface area contributed by atoms with E-state index in [1.165, 1.54) is 25.2 Å². The largest absolute Gasteiger partial charge is 0.466 e. The fourth-order valence-electron chi connectivity index (χ4n) is 4.06. The minimum atomic E-state index is -0.954. The van der Waals surface area contributed by atoms with E-state index in [2.05, 4.69) is 11.1 Å². The van der Waals surface area contributed by atoms with Gasteiger partial charge in [-0.15, -0.1) is 0 Å². The van der Waals surface area contributed by atoms with E-state index in [1.807, 2.05) is 0 Å². The molecule has 9 heteroatoms. The molecule has 0 amide bonds. The molecule has 1 aliphatic heterocycles. The van der Waals surface area contributed by atoms with Crippen LogP contribution >= 0.6 is 0 Å². The van der Waals surface area contributed by atoms with Crippen LogP contribution in [0.25, 0.3) is 10.9 Å². The topological polar surface area (TPSA) is 139 Å². The molecule has 0 fully saturated rings. The van der Waals surface area contributed by atoms with Crippen LogP contribution in [0, 0.1) is 11.3 Å². The molecule has 3 N–H and O–H groups in total. The van der Waals surface area contributed by atoms with Crippen LogP contribution < -0.4 is 16.2 Å². The lowest BCUT2D eigenvalue weighted by atomic mass is 9.81. The first-order valence-corrected chi connectivity index (χ1v) is 10.2. The van der Waals surface area contributed by atoms with E-state index in [4.69, 9.17) is 15.2 Å². The maximum absolute atomic E-state index is 13.1. The standard InChI is InChI=1S/C25H20N4O5/c1-33-24(31)21-20(15-6-4-3-5-7-15)17(13-26)23(27)29(22(21)25(32)34-2)16-10-8-14-9-11-19(30)28-18(14)12-16/h3-12,20H,27H2,1-2H3,(H,28,30). The van der Waals surface area contributed by atoms with E-state index in [9.17, 15) is 19.6 Å². The van der Waals surface area contributed by atoms with Crippen molar-refractivity contribution >= 4 is 28.5 Å². The monoisotopic (exact) mass is 456 g/mol. The lowest BCUT2D eigenvalue weighted by Crippen LogP contribution is -2.40. The molecule has 2 heterocycles. The summed E-state index contributed by atoms with van der Waals surface area (Å²) in [7, 11) is 2.36. The van der Waals surface area contributed by atoms with Crippen LogP contribution in [0.2, 0.25) is 0 Å². The second-order valence-corrected chi connectivity index (χ2v) is 7.43. The molecule has 0 spiro atoms. The SMILES string of the molecule is COC(=O)C1=C(C(=O)OC)N(c2ccc3ccc(=O)[nH]c3c2)C(N)=C(C#N)C1c1ccccc1. The number of nitrogens with two attached hydrogens (primary N) is 1. The minimum absolute atomic E-state index is 0.0537. The summed E-state index contributed by atoms with van der Waals surface area (Å²) in [4.78, 5) is 42.0. The van der Waals surface area contributed by atoms with Gasteiger partial charge in [0.2, 0.25) is 5.56 Å². The predicted molar refractivity (Wildman–Crippen MR) is 124 cm³/mol. The number of aromatic amines is 1. The normalized spacial score (nSPS) is 15.8. The first-order chi connectivity index (χ1) is 16.4. The zero-order valence-corrected chi connectivity index (χ0v) is 18.4. The van der Waals surface area contributed by atoms with Crippen molar-refractivity contribution in [3.8, 4) is 6.07 Å². The maximum atomic E-state index is 13.1. The highest BCUT2D eigenvalue weighted by Crippen LogP contribution is 2.43. The van der Waals surface area contributed by atoms with E-state index in [0.29, 0.717) is 16.8 Å². The van der Waals surface area contributed by atoms with Gasteiger partial charge in [-0.1, -0.05) is 36.4 Å². The summed E-state index contributed by atoms with van der Waals surface area (Å²) in [6.45, 7) is 0. The molecule has 1 aliphatic rings. The van der Waals surface area contributed by atoms with E-state index in [0.717, 1.165) is 5.39 Å². The fraction of sp³-hybridized carbons (Fsp3) is 0.120. The van der Waals surface area contributed by atoms with Crippen LogP contribution in [-0.2, 0) is 19.1 Å². The highest BCUT2D eigenvalue weighted by Gasteiger charge is 2.43. The van der Waals surface area contributed by atoms with Crippen molar-refractivity contribution in [1.82, 2.24) is 4.98 Å². The second kappa shape index (κ2) is 8.96. The highest BCUT2D eigenvalue weighted by atomic mass is 16.5. The molecule has 9 nitrogen and oxygen atoms in total. The number of nitrogens with zero attached hydrogens (tertiary/aromatic N) is 2. The number of methoxy groups -OCH3 is 2. The Bertz CT molecular complexity index is 1460. The zero-order chi connectivity index (χ0) is 24.4. The van der Waals surface area contributed by atoms with Crippen molar-refractivity contribution < 1.29 is 19.1 Å². The summed E-state index contributed by atoms with van der Waals surface area (Å²) in [5.41, 5.74) is 7.34. The summed E-state index contributed by atoms with van der Waals surface area (Å²) in [6.07, 6.45) is 0. The van der Waals surface area contributed by atoms with E-state index in [-0.39, 0.29) is 28.2 Å². The van der Waals surface area contributed by atoms with Crippen molar-refractivity contribution in [3.05, 3.63) is 99.2 Å². The molecule has 0 saturated heterocycles. The van der Waals surface area contributed by atoms with Crippen molar-refractivity contribution in [2.24, 2.45) is 5.73 Å². The number of carbonyl (C=O) groups excluding carboxylic acids is 2. The number of ether oxygens (including phenoxy) is 2. The van der Waals surface area contributed by atoms with Gasteiger partial charge in [-0.05, 0) is 29.1 Å². The van der Waals surface area contributed by atoms with E-state index in [1.54, 1.807) is 54.6 Å². The predicted octanol–water partition coefficient (Wildman–Crippen LogP) is 2.43. The molecule has 0 bridgehead atoms. The summed E-state index contributed by atoms with van der Waals surface area (Å²) in [5.74, 6) is -2.66. The Morgan fingerprint density at radius 3 is 2.35 bits per heavy atom. The number of benzene rings is 2. The number of nitrogens with one attached hydrogen (secondary N) is 1. The molecule has 3 aromatic rings. The van der Waals surface area contributed by atoms with E-state index < -0.39 is 17.9 Å². The Kier molecular flexibility index (Phi) is 5.89. The molecule has 170 valence electrons. The summed E-state index contributed by atoms with van der Waals surface area (Å²) in [5, 5.41) is 10.8. The van der Waals surface area contributed by atoms with Gasteiger partial charge in [-0.3, -0.25) is 9.69 Å². The molecule has 2 aromatic carbocycles. The number of esters is 2. The van der Waals surface area contributed by atoms with Gasteiger partial charge in [-0.25, -0.2) is 9.59 Å². The number of hydrogen-bond donors (Lipinski definition) is 2. The number of hydrogen-bond acceptors (Lipinski definition) is 8. The number of H-pyrrole nitrogens is 1. The van der Waals surface area contributed by atoms with Gasteiger partial charge in [0.25, 0.3) is 0 Å². The van der Waals surface area contributed by atoms with E-state index >= 15 is 0 Å². The van der Waals surface area contributed by atoms with Crippen LogP contribution in [0.1, 0.15) is 11.5 Å². The Morgan fingerprint density at radius 1 is 1.03 bits per heavy atom. The Balaban J connectivity index is 2.07.